The molecule has 34 heavy (non-hydrogen) atoms. The normalized spacial score (nSPS) is 14.8. The zero-order valence-corrected chi connectivity index (χ0v) is 21.1. The second-order valence-electron chi connectivity index (χ2n) is 8.54. The van der Waals surface area contributed by atoms with Crippen molar-refractivity contribution in [2.45, 2.75) is 18.7 Å². The minimum absolute atomic E-state index is 0.0485. The molecular formula is C24H32N4O5S. The second-order valence-corrected chi connectivity index (χ2v) is 10.7. The Bertz CT molecular complexity index is 1150. The molecule has 9 nitrogen and oxygen atoms in total. The fourth-order valence-corrected chi connectivity index (χ4v) is 4.97. The zero-order valence-electron chi connectivity index (χ0n) is 20.3. The number of rotatable bonds is 7. The number of nitrogens with zero attached hydrogens (tertiary/aromatic N) is 3. The van der Waals surface area contributed by atoms with Gasteiger partial charge in [-0.05, 0) is 43.2 Å². The molecule has 0 aromatic heterocycles. The lowest BCUT2D eigenvalue weighted by molar-refractivity contribution is -0.117. The quantitative estimate of drug-likeness (QED) is 0.640. The highest BCUT2D eigenvalue weighted by atomic mass is 32.2. The van der Waals surface area contributed by atoms with Gasteiger partial charge in [0.15, 0.2) is 0 Å². The molecule has 1 aliphatic rings. The van der Waals surface area contributed by atoms with E-state index in [0.29, 0.717) is 26.2 Å². The van der Waals surface area contributed by atoms with E-state index in [1.807, 2.05) is 36.9 Å². The number of anilines is 1. The number of methoxy groups -OCH3 is 1. The summed E-state index contributed by atoms with van der Waals surface area (Å²) >= 11 is 0. The predicted molar refractivity (Wildman–Crippen MR) is 131 cm³/mol. The average molecular weight is 489 g/mol. The Labute approximate surface area is 201 Å². The van der Waals surface area contributed by atoms with Crippen molar-refractivity contribution in [3.8, 4) is 5.75 Å². The van der Waals surface area contributed by atoms with Crippen molar-refractivity contribution in [1.82, 2.24) is 14.1 Å². The third-order valence-corrected chi connectivity index (χ3v) is 7.78. The summed E-state index contributed by atoms with van der Waals surface area (Å²) in [5, 5.41) is 2.99. The summed E-state index contributed by atoms with van der Waals surface area (Å²) in [6.45, 7) is 6.14. The van der Waals surface area contributed by atoms with Gasteiger partial charge in [-0.25, -0.2) is 12.7 Å². The van der Waals surface area contributed by atoms with E-state index < -0.39 is 10.0 Å². The van der Waals surface area contributed by atoms with Crippen molar-refractivity contribution >= 4 is 27.5 Å². The van der Waals surface area contributed by atoms with Crippen molar-refractivity contribution in [3.63, 3.8) is 0 Å². The van der Waals surface area contributed by atoms with E-state index in [-0.39, 0.29) is 34.6 Å². The van der Waals surface area contributed by atoms with Gasteiger partial charge in [0.05, 0.1) is 13.7 Å². The summed E-state index contributed by atoms with van der Waals surface area (Å²) in [5.41, 5.74) is 3.14. The molecule has 1 fully saturated rings. The van der Waals surface area contributed by atoms with Crippen LogP contribution in [0.3, 0.4) is 0 Å². The molecule has 1 heterocycles. The van der Waals surface area contributed by atoms with Crippen LogP contribution in [0.4, 0.5) is 5.69 Å². The standard InChI is InChI=1S/C24H32N4O5S/c1-17-7-6-8-18(2)23(17)25-22(29)16-27-11-13-28(14-12-27)24(30)19-9-10-20(33-5)21(15-19)34(31,32)26(3)4/h6-10,15H,11-14,16H2,1-5H3,(H,25,29). The van der Waals surface area contributed by atoms with Crippen LogP contribution in [0.25, 0.3) is 0 Å². The summed E-state index contributed by atoms with van der Waals surface area (Å²) in [4.78, 5) is 29.3. The molecule has 0 bridgehead atoms. The first kappa shape index (κ1) is 25.7. The maximum absolute atomic E-state index is 13.1. The van der Waals surface area contributed by atoms with Gasteiger partial charge in [0, 0.05) is 51.5 Å². The lowest BCUT2D eigenvalue weighted by Crippen LogP contribution is -2.50. The summed E-state index contributed by atoms with van der Waals surface area (Å²) in [6.07, 6.45) is 0. The highest BCUT2D eigenvalue weighted by Crippen LogP contribution is 2.27. The van der Waals surface area contributed by atoms with Gasteiger partial charge >= 0.3 is 0 Å². The fourth-order valence-electron chi connectivity index (χ4n) is 3.89. The third-order valence-electron chi connectivity index (χ3n) is 5.94. The Kier molecular flexibility index (Phi) is 7.96. The number of hydrogen-bond acceptors (Lipinski definition) is 6. The van der Waals surface area contributed by atoms with Crippen LogP contribution in [0.1, 0.15) is 21.5 Å². The molecule has 2 aromatic rings. The van der Waals surface area contributed by atoms with Crippen LogP contribution >= 0.6 is 0 Å². The molecule has 0 saturated carbocycles. The van der Waals surface area contributed by atoms with Gasteiger partial charge in [-0.3, -0.25) is 14.5 Å². The molecule has 0 unspecified atom stereocenters. The number of sulfonamides is 1. The molecule has 0 atom stereocenters. The molecule has 3 rings (SSSR count). The summed E-state index contributed by atoms with van der Waals surface area (Å²) < 4.78 is 31.6. The number of benzene rings is 2. The Morgan fingerprint density at radius 1 is 1.03 bits per heavy atom. The van der Waals surface area contributed by atoms with E-state index in [4.69, 9.17) is 4.74 Å². The van der Waals surface area contributed by atoms with Crippen LogP contribution < -0.4 is 10.1 Å². The van der Waals surface area contributed by atoms with Gasteiger partial charge in [-0.15, -0.1) is 0 Å². The Hall–Kier alpha value is -2.95. The molecule has 2 aromatic carbocycles. The molecule has 1 N–H and O–H groups in total. The molecule has 0 spiro atoms. The van der Waals surface area contributed by atoms with Gasteiger partial charge in [-0.1, -0.05) is 18.2 Å². The molecule has 184 valence electrons. The summed E-state index contributed by atoms with van der Waals surface area (Å²) in [5.74, 6) is -0.159. The van der Waals surface area contributed by atoms with Crippen molar-refractivity contribution in [2.75, 3.05) is 59.2 Å². The number of amides is 2. The third kappa shape index (κ3) is 5.57. The van der Waals surface area contributed by atoms with Crippen molar-refractivity contribution in [1.29, 1.82) is 0 Å². The number of hydrogen-bond donors (Lipinski definition) is 1. The maximum Gasteiger partial charge on any atom is 0.253 e. The number of para-hydroxylation sites is 1. The first-order valence-corrected chi connectivity index (χ1v) is 12.5. The van der Waals surface area contributed by atoms with E-state index in [0.717, 1.165) is 21.1 Å². The first-order valence-electron chi connectivity index (χ1n) is 11.0. The Morgan fingerprint density at radius 3 is 2.21 bits per heavy atom. The van der Waals surface area contributed by atoms with Gasteiger partial charge < -0.3 is 15.0 Å². The van der Waals surface area contributed by atoms with Gasteiger partial charge in [0.25, 0.3) is 5.91 Å². The monoisotopic (exact) mass is 488 g/mol. The maximum atomic E-state index is 13.1. The predicted octanol–water partition coefficient (Wildman–Crippen LogP) is 1.96. The minimum Gasteiger partial charge on any atom is -0.495 e. The van der Waals surface area contributed by atoms with Crippen LogP contribution in [-0.4, -0.2) is 88.3 Å². The number of ether oxygens (including phenoxy) is 1. The highest BCUT2D eigenvalue weighted by Gasteiger charge is 2.27. The lowest BCUT2D eigenvalue weighted by atomic mass is 10.1. The van der Waals surface area contributed by atoms with Gasteiger partial charge in [0.2, 0.25) is 15.9 Å². The van der Waals surface area contributed by atoms with Crippen LogP contribution in [0, 0.1) is 13.8 Å². The largest absolute Gasteiger partial charge is 0.495 e. The van der Waals surface area contributed by atoms with Gasteiger partial charge in [0.1, 0.15) is 10.6 Å². The Morgan fingerprint density at radius 2 is 1.65 bits per heavy atom. The Balaban J connectivity index is 1.63. The smallest absolute Gasteiger partial charge is 0.253 e. The number of aryl methyl sites for hydroxylation is 2. The van der Waals surface area contributed by atoms with Crippen LogP contribution in [0.2, 0.25) is 0 Å². The van der Waals surface area contributed by atoms with Crippen LogP contribution in [-0.2, 0) is 14.8 Å². The van der Waals surface area contributed by atoms with Crippen molar-refractivity contribution in [2.24, 2.45) is 0 Å². The first-order chi connectivity index (χ1) is 16.0. The molecule has 0 radical (unpaired) electrons. The molecule has 2 amide bonds. The SMILES string of the molecule is COc1ccc(C(=O)N2CCN(CC(=O)Nc3c(C)cccc3C)CC2)cc1S(=O)(=O)N(C)C. The summed E-state index contributed by atoms with van der Waals surface area (Å²) in [7, 11) is 0.474. The number of nitrogens with one attached hydrogen (secondary N) is 1. The minimum atomic E-state index is -3.78. The zero-order chi connectivity index (χ0) is 25.0. The molecule has 10 heteroatoms. The van der Waals surface area contributed by atoms with E-state index in [1.165, 1.54) is 33.3 Å². The van der Waals surface area contributed by atoms with Crippen LogP contribution in [0.15, 0.2) is 41.3 Å². The number of piperazine rings is 1. The van der Waals surface area contributed by atoms with Crippen LogP contribution in [0.5, 0.6) is 5.75 Å². The molecule has 0 aliphatic carbocycles. The van der Waals surface area contributed by atoms with E-state index in [1.54, 1.807) is 11.0 Å². The van der Waals surface area contributed by atoms with E-state index >= 15 is 0 Å². The topological polar surface area (TPSA) is 99.3 Å². The summed E-state index contributed by atoms with van der Waals surface area (Å²) in [6, 6.07) is 10.3. The molecular weight excluding hydrogens is 456 g/mol. The number of carbonyl (C=O) groups excluding carboxylic acids is 2. The number of carbonyl (C=O) groups is 2. The lowest BCUT2D eigenvalue weighted by Gasteiger charge is -2.34. The average Bonchev–Trinajstić information content (AvgIpc) is 2.81. The van der Waals surface area contributed by atoms with Crippen molar-refractivity contribution in [3.05, 3.63) is 53.1 Å². The van der Waals surface area contributed by atoms with E-state index in [2.05, 4.69) is 5.32 Å². The van der Waals surface area contributed by atoms with Gasteiger partial charge in [-0.2, -0.15) is 0 Å². The van der Waals surface area contributed by atoms with E-state index in [9.17, 15) is 18.0 Å². The fraction of sp³-hybridized carbons (Fsp3) is 0.417. The molecule has 1 saturated heterocycles. The van der Waals surface area contributed by atoms with Crippen molar-refractivity contribution < 1.29 is 22.7 Å². The second kappa shape index (κ2) is 10.5. The highest BCUT2D eigenvalue weighted by molar-refractivity contribution is 7.89. The molecule has 1 aliphatic heterocycles.